The second-order valence-corrected chi connectivity index (χ2v) is 6.21. The number of hydrogen-bond acceptors (Lipinski definition) is 5. The monoisotopic (exact) mass is 342 g/mol. The van der Waals surface area contributed by atoms with Crippen molar-refractivity contribution >= 4 is 6.29 Å². The van der Waals surface area contributed by atoms with E-state index in [-0.39, 0.29) is 13.2 Å². The van der Waals surface area contributed by atoms with Crippen LogP contribution in [0.25, 0.3) is 0 Å². The molecule has 0 saturated carbocycles. The highest BCUT2D eigenvalue weighted by molar-refractivity contribution is 5.58. The first kappa shape index (κ1) is 17.8. The molecule has 3 unspecified atom stereocenters. The lowest BCUT2D eigenvalue weighted by molar-refractivity contribution is -0.138. The average molecular weight is 342 g/mol. The van der Waals surface area contributed by atoms with Gasteiger partial charge in [-0.3, -0.25) is 0 Å². The number of hydrogen-bond donors (Lipinski definition) is 1. The maximum absolute atomic E-state index is 11.3. The van der Waals surface area contributed by atoms with Crippen LogP contribution in [0.2, 0.25) is 0 Å². The molecule has 0 amide bonds. The summed E-state index contributed by atoms with van der Waals surface area (Å²) in [7, 11) is 0. The third-order valence-corrected chi connectivity index (χ3v) is 4.22. The summed E-state index contributed by atoms with van der Waals surface area (Å²) >= 11 is 0. The van der Waals surface area contributed by atoms with Crippen molar-refractivity contribution in [2.24, 2.45) is 0 Å². The Morgan fingerprint density at radius 1 is 1.04 bits per heavy atom. The molecule has 25 heavy (non-hydrogen) atoms. The molecule has 1 saturated heterocycles. The van der Waals surface area contributed by atoms with E-state index in [0.717, 1.165) is 11.1 Å². The van der Waals surface area contributed by atoms with Crippen LogP contribution in [0.15, 0.2) is 60.7 Å². The van der Waals surface area contributed by atoms with Gasteiger partial charge in [0, 0.05) is 0 Å². The summed E-state index contributed by atoms with van der Waals surface area (Å²) in [5.74, 6) is 0. The molecule has 0 bridgehead atoms. The van der Waals surface area contributed by atoms with E-state index in [1.807, 2.05) is 60.7 Å². The second kappa shape index (κ2) is 8.36. The van der Waals surface area contributed by atoms with Gasteiger partial charge in [-0.1, -0.05) is 60.7 Å². The van der Waals surface area contributed by atoms with Gasteiger partial charge in [-0.15, -0.1) is 0 Å². The molecule has 132 valence electrons. The van der Waals surface area contributed by atoms with Crippen LogP contribution in [0, 0.1) is 0 Å². The van der Waals surface area contributed by atoms with Gasteiger partial charge in [0.2, 0.25) is 0 Å². The third kappa shape index (κ3) is 4.52. The van der Waals surface area contributed by atoms with Gasteiger partial charge in [-0.05, 0) is 11.1 Å². The Hall–Kier alpha value is -2.05. The summed E-state index contributed by atoms with van der Waals surface area (Å²) in [5.41, 5.74) is 0.625. The van der Waals surface area contributed by atoms with Gasteiger partial charge >= 0.3 is 0 Å². The van der Waals surface area contributed by atoms with Gasteiger partial charge < -0.3 is 24.1 Å². The van der Waals surface area contributed by atoms with E-state index in [1.54, 1.807) is 0 Å². The van der Waals surface area contributed by atoms with Crippen molar-refractivity contribution in [2.45, 2.75) is 31.0 Å². The minimum Gasteiger partial charge on any atom is -0.382 e. The molecule has 2 aromatic rings. The third-order valence-electron chi connectivity index (χ3n) is 4.22. The molecule has 0 aromatic heterocycles. The van der Waals surface area contributed by atoms with E-state index >= 15 is 0 Å². The molecular weight excluding hydrogens is 320 g/mol. The van der Waals surface area contributed by atoms with E-state index in [9.17, 15) is 9.90 Å². The normalized spacial score (nSPS) is 25.8. The average Bonchev–Trinajstić information content (AvgIpc) is 2.97. The van der Waals surface area contributed by atoms with Gasteiger partial charge in [-0.25, -0.2) is 0 Å². The molecule has 5 nitrogen and oxygen atoms in total. The summed E-state index contributed by atoms with van der Waals surface area (Å²) in [6.45, 7) is 0.705. The summed E-state index contributed by atoms with van der Waals surface area (Å²) in [5, 5.41) is 10.9. The Morgan fingerprint density at radius 2 is 1.64 bits per heavy atom. The molecule has 3 atom stereocenters. The van der Waals surface area contributed by atoms with Gasteiger partial charge in [0.1, 0.15) is 17.8 Å². The van der Waals surface area contributed by atoms with Crippen LogP contribution >= 0.6 is 0 Å². The van der Waals surface area contributed by atoms with Gasteiger partial charge in [-0.2, -0.15) is 0 Å². The van der Waals surface area contributed by atoms with Crippen LogP contribution in [0.4, 0.5) is 0 Å². The number of aliphatic hydroxyl groups is 1. The summed E-state index contributed by atoms with van der Waals surface area (Å²) < 4.78 is 16.9. The van der Waals surface area contributed by atoms with Crippen LogP contribution in [0.5, 0.6) is 0 Å². The standard InChI is InChI=1S/C20H22O5/c21-11-18-19(24-13-17-9-5-2-6-10-17)20(22,15-25-18)14-23-12-16-7-3-1-4-8-16/h1-11,18-19,22H,12-15H2. The molecule has 2 aromatic carbocycles. The number of aldehydes is 1. The lowest BCUT2D eigenvalue weighted by atomic mass is 9.97. The molecule has 3 rings (SSSR count). The van der Waals surface area contributed by atoms with Crippen molar-refractivity contribution < 1.29 is 24.1 Å². The van der Waals surface area contributed by atoms with Crippen LogP contribution in [0.1, 0.15) is 11.1 Å². The summed E-state index contributed by atoms with van der Waals surface area (Å²) in [6, 6.07) is 19.3. The number of rotatable bonds is 8. The largest absolute Gasteiger partial charge is 0.382 e. The highest BCUT2D eigenvalue weighted by Crippen LogP contribution is 2.28. The highest BCUT2D eigenvalue weighted by atomic mass is 16.6. The van der Waals surface area contributed by atoms with Crippen LogP contribution < -0.4 is 0 Å². The lowest BCUT2D eigenvalue weighted by Crippen LogP contribution is -2.49. The SMILES string of the molecule is O=CC1OCC(O)(COCc2ccccc2)C1OCc1ccccc1. The van der Waals surface area contributed by atoms with Gasteiger partial charge in [0.25, 0.3) is 0 Å². The van der Waals surface area contributed by atoms with Crippen molar-refractivity contribution in [3.8, 4) is 0 Å². The first-order valence-electron chi connectivity index (χ1n) is 8.28. The van der Waals surface area contributed by atoms with E-state index < -0.39 is 17.8 Å². The topological polar surface area (TPSA) is 65.0 Å². The Labute approximate surface area is 147 Å². The van der Waals surface area contributed by atoms with Crippen LogP contribution in [0.3, 0.4) is 0 Å². The highest BCUT2D eigenvalue weighted by Gasteiger charge is 2.50. The molecule has 1 heterocycles. The van der Waals surface area contributed by atoms with E-state index in [1.165, 1.54) is 0 Å². The van der Waals surface area contributed by atoms with Gasteiger partial charge in [0.05, 0.1) is 26.4 Å². The maximum atomic E-state index is 11.3. The lowest BCUT2D eigenvalue weighted by Gasteiger charge is -2.29. The zero-order chi connectivity index (χ0) is 17.5. The van der Waals surface area contributed by atoms with Crippen molar-refractivity contribution in [2.75, 3.05) is 13.2 Å². The molecule has 1 aliphatic heterocycles. The number of carbonyl (C=O) groups excluding carboxylic acids is 1. The van der Waals surface area contributed by atoms with Crippen molar-refractivity contribution in [1.82, 2.24) is 0 Å². The van der Waals surface area contributed by atoms with Crippen molar-refractivity contribution in [3.63, 3.8) is 0 Å². The van der Waals surface area contributed by atoms with Crippen molar-refractivity contribution in [3.05, 3.63) is 71.8 Å². The number of ether oxygens (including phenoxy) is 3. The number of benzene rings is 2. The summed E-state index contributed by atoms with van der Waals surface area (Å²) in [6.07, 6.45) is -0.889. The van der Waals surface area contributed by atoms with Crippen molar-refractivity contribution in [1.29, 1.82) is 0 Å². The minimum atomic E-state index is -1.35. The summed E-state index contributed by atoms with van der Waals surface area (Å²) in [4.78, 5) is 11.3. The van der Waals surface area contributed by atoms with E-state index in [2.05, 4.69) is 0 Å². The smallest absolute Gasteiger partial charge is 0.151 e. The Bertz CT molecular complexity index is 660. The fraction of sp³-hybridized carbons (Fsp3) is 0.350. The Kier molecular flexibility index (Phi) is 5.94. The molecular formula is C20H22O5. The predicted octanol–water partition coefficient (Wildman–Crippen LogP) is 2.12. The fourth-order valence-electron chi connectivity index (χ4n) is 2.88. The van der Waals surface area contributed by atoms with Crippen LogP contribution in [-0.2, 0) is 32.2 Å². The molecule has 1 N–H and O–H groups in total. The zero-order valence-corrected chi connectivity index (χ0v) is 13.9. The van der Waals surface area contributed by atoms with E-state index in [0.29, 0.717) is 19.5 Å². The Morgan fingerprint density at radius 3 is 2.24 bits per heavy atom. The van der Waals surface area contributed by atoms with Gasteiger partial charge in [0.15, 0.2) is 6.29 Å². The Balaban J connectivity index is 1.59. The fourth-order valence-corrected chi connectivity index (χ4v) is 2.88. The minimum absolute atomic E-state index is 0.00462. The predicted molar refractivity (Wildman–Crippen MR) is 91.9 cm³/mol. The first-order valence-corrected chi connectivity index (χ1v) is 8.28. The maximum Gasteiger partial charge on any atom is 0.151 e. The zero-order valence-electron chi connectivity index (χ0n) is 13.9. The van der Waals surface area contributed by atoms with Crippen LogP contribution in [-0.4, -0.2) is 42.4 Å². The molecule has 1 fully saturated rings. The number of carbonyl (C=O) groups is 1. The molecule has 0 radical (unpaired) electrons. The molecule has 1 aliphatic rings. The quantitative estimate of drug-likeness (QED) is 0.745. The molecule has 0 aliphatic carbocycles. The second-order valence-electron chi connectivity index (χ2n) is 6.21. The first-order chi connectivity index (χ1) is 12.2. The van der Waals surface area contributed by atoms with E-state index in [4.69, 9.17) is 14.2 Å². The molecule has 0 spiro atoms. The molecule has 5 heteroatoms.